The highest BCUT2D eigenvalue weighted by molar-refractivity contribution is 7.98. The number of nitrogens with zero attached hydrogens (tertiary/aromatic N) is 2. The Bertz CT molecular complexity index is 311. The van der Waals surface area contributed by atoms with Crippen molar-refractivity contribution in [3.05, 3.63) is 0 Å². The van der Waals surface area contributed by atoms with E-state index in [0.717, 1.165) is 13.1 Å². The SMILES string of the molecule is CCNC(=NCCCCSC)N1CCC2(CCCC2)C1. The van der Waals surface area contributed by atoms with E-state index in [9.17, 15) is 0 Å². The lowest BCUT2D eigenvalue weighted by atomic mass is 9.86. The maximum absolute atomic E-state index is 4.84. The van der Waals surface area contributed by atoms with E-state index in [1.807, 2.05) is 11.8 Å². The number of unbranched alkanes of at least 4 members (excludes halogenated alkanes) is 1. The van der Waals surface area contributed by atoms with Gasteiger partial charge >= 0.3 is 0 Å². The predicted octanol–water partition coefficient (Wildman–Crippen LogP) is 3.36. The molecule has 0 aromatic rings. The summed E-state index contributed by atoms with van der Waals surface area (Å²) in [6, 6.07) is 0. The van der Waals surface area contributed by atoms with Crippen LogP contribution >= 0.6 is 11.8 Å². The van der Waals surface area contributed by atoms with E-state index in [-0.39, 0.29) is 0 Å². The van der Waals surface area contributed by atoms with Crippen LogP contribution in [0.2, 0.25) is 0 Å². The molecular weight excluding hydrogens is 266 g/mol. The Morgan fingerprint density at radius 1 is 1.25 bits per heavy atom. The minimum Gasteiger partial charge on any atom is -0.357 e. The lowest BCUT2D eigenvalue weighted by Gasteiger charge is -2.26. The molecular formula is C16H31N3S. The van der Waals surface area contributed by atoms with E-state index in [1.165, 1.54) is 69.7 Å². The molecule has 20 heavy (non-hydrogen) atoms. The first-order chi connectivity index (χ1) is 9.79. The molecule has 3 nitrogen and oxygen atoms in total. The summed E-state index contributed by atoms with van der Waals surface area (Å²) in [4.78, 5) is 7.36. The number of aliphatic imine (C=N–C) groups is 1. The van der Waals surface area contributed by atoms with Gasteiger partial charge in [0.25, 0.3) is 0 Å². The highest BCUT2D eigenvalue weighted by Crippen LogP contribution is 2.45. The molecule has 0 atom stereocenters. The molecule has 1 aliphatic carbocycles. The van der Waals surface area contributed by atoms with E-state index in [2.05, 4.69) is 23.4 Å². The van der Waals surface area contributed by atoms with Gasteiger partial charge in [-0.3, -0.25) is 4.99 Å². The predicted molar refractivity (Wildman–Crippen MR) is 90.7 cm³/mol. The summed E-state index contributed by atoms with van der Waals surface area (Å²) in [6.45, 7) is 6.57. The van der Waals surface area contributed by atoms with Crippen LogP contribution in [0.4, 0.5) is 0 Å². The highest BCUT2D eigenvalue weighted by Gasteiger charge is 2.40. The Labute approximate surface area is 129 Å². The smallest absolute Gasteiger partial charge is 0.193 e. The van der Waals surface area contributed by atoms with Gasteiger partial charge in [0.1, 0.15) is 0 Å². The molecule has 0 aromatic heterocycles. The zero-order valence-corrected chi connectivity index (χ0v) is 14.1. The average Bonchev–Trinajstić information content (AvgIpc) is 3.08. The highest BCUT2D eigenvalue weighted by atomic mass is 32.2. The summed E-state index contributed by atoms with van der Waals surface area (Å²) in [7, 11) is 0. The van der Waals surface area contributed by atoms with Crippen molar-refractivity contribution < 1.29 is 0 Å². The lowest BCUT2D eigenvalue weighted by Crippen LogP contribution is -2.41. The van der Waals surface area contributed by atoms with Gasteiger partial charge in [0.2, 0.25) is 0 Å². The average molecular weight is 298 g/mol. The number of nitrogens with one attached hydrogen (secondary N) is 1. The molecule has 1 aliphatic heterocycles. The number of guanidine groups is 1. The van der Waals surface area contributed by atoms with E-state index in [0.29, 0.717) is 5.41 Å². The zero-order chi connectivity index (χ0) is 14.3. The van der Waals surface area contributed by atoms with Crippen molar-refractivity contribution in [2.24, 2.45) is 10.4 Å². The fraction of sp³-hybridized carbons (Fsp3) is 0.938. The first-order valence-electron chi connectivity index (χ1n) is 8.32. The maximum Gasteiger partial charge on any atom is 0.193 e. The molecule has 0 unspecified atom stereocenters. The van der Waals surface area contributed by atoms with Gasteiger partial charge in [-0.1, -0.05) is 12.8 Å². The van der Waals surface area contributed by atoms with Crippen LogP contribution in [0.3, 0.4) is 0 Å². The van der Waals surface area contributed by atoms with Crippen molar-refractivity contribution in [1.82, 2.24) is 10.2 Å². The fourth-order valence-electron chi connectivity index (χ4n) is 3.62. The van der Waals surface area contributed by atoms with Crippen molar-refractivity contribution in [1.29, 1.82) is 0 Å². The van der Waals surface area contributed by atoms with Crippen LogP contribution in [0.5, 0.6) is 0 Å². The standard InChI is InChI=1S/C16H31N3S/c1-3-17-15(18-11-6-7-13-20-2)19-12-10-16(14-19)8-4-5-9-16/h3-14H2,1-2H3,(H,17,18). The zero-order valence-electron chi connectivity index (χ0n) is 13.3. The lowest BCUT2D eigenvalue weighted by molar-refractivity contribution is 0.309. The number of likely N-dealkylation sites (tertiary alicyclic amines) is 1. The molecule has 0 aromatic carbocycles. The molecule has 2 rings (SSSR count). The summed E-state index contributed by atoms with van der Waals surface area (Å²) in [5.74, 6) is 2.43. The second-order valence-electron chi connectivity index (χ2n) is 6.31. The van der Waals surface area contributed by atoms with Crippen molar-refractivity contribution >= 4 is 17.7 Å². The third-order valence-electron chi connectivity index (χ3n) is 4.76. The van der Waals surface area contributed by atoms with Gasteiger partial charge in [0.15, 0.2) is 5.96 Å². The summed E-state index contributed by atoms with van der Waals surface area (Å²) in [5.41, 5.74) is 0.634. The Hall–Kier alpha value is -0.380. The van der Waals surface area contributed by atoms with Crippen LogP contribution in [-0.2, 0) is 0 Å². The molecule has 4 heteroatoms. The van der Waals surface area contributed by atoms with E-state index >= 15 is 0 Å². The summed E-state index contributed by atoms with van der Waals surface area (Å²) in [5, 5.41) is 3.49. The molecule has 1 saturated heterocycles. The van der Waals surface area contributed by atoms with Crippen LogP contribution in [0.1, 0.15) is 51.9 Å². The Kier molecular flexibility index (Phi) is 6.53. The molecule has 2 aliphatic rings. The van der Waals surface area contributed by atoms with E-state index < -0.39 is 0 Å². The third kappa shape index (κ3) is 4.31. The monoisotopic (exact) mass is 297 g/mol. The third-order valence-corrected chi connectivity index (χ3v) is 5.45. The molecule has 0 radical (unpaired) electrons. The molecule has 1 spiro atoms. The Morgan fingerprint density at radius 2 is 2.05 bits per heavy atom. The van der Waals surface area contributed by atoms with Crippen molar-refractivity contribution in [3.63, 3.8) is 0 Å². The molecule has 1 N–H and O–H groups in total. The van der Waals surface area contributed by atoms with Gasteiger partial charge in [0, 0.05) is 26.2 Å². The van der Waals surface area contributed by atoms with Gasteiger partial charge in [-0.25, -0.2) is 0 Å². The van der Waals surface area contributed by atoms with Crippen LogP contribution < -0.4 is 5.32 Å². The van der Waals surface area contributed by atoms with E-state index in [4.69, 9.17) is 4.99 Å². The molecule has 0 amide bonds. The number of hydrogen-bond donors (Lipinski definition) is 1. The minimum atomic E-state index is 0.634. The number of hydrogen-bond acceptors (Lipinski definition) is 2. The van der Waals surface area contributed by atoms with Crippen molar-refractivity contribution in [2.75, 3.05) is 38.2 Å². The second-order valence-corrected chi connectivity index (χ2v) is 7.30. The van der Waals surface area contributed by atoms with Crippen molar-refractivity contribution in [2.45, 2.75) is 51.9 Å². The first-order valence-corrected chi connectivity index (χ1v) is 9.71. The van der Waals surface area contributed by atoms with Gasteiger partial charge < -0.3 is 10.2 Å². The first kappa shape index (κ1) is 16.0. The van der Waals surface area contributed by atoms with Crippen LogP contribution in [0.25, 0.3) is 0 Å². The van der Waals surface area contributed by atoms with Crippen LogP contribution in [-0.4, -0.2) is 49.0 Å². The molecule has 116 valence electrons. The minimum absolute atomic E-state index is 0.634. The topological polar surface area (TPSA) is 27.6 Å². The summed E-state index contributed by atoms with van der Waals surface area (Å²) >= 11 is 1.93. The second kappa shape index (κ2) is 8.16. The molecule has 1 heterocycles. The van der Waals surface area contributed by atoms with E-state index in [1.54, 1.807) is 0 Å². The molecule has 1 saturated carbocycles. The summed E-state index contributed by atoms with van der Waals surface area (Å²) in [6.07, 6.45) is 11.8. The van der Waals surface area contributed by atoms with Gasteiger partial charge in [0.05, 0.1) is 0 Å². The Balaban J connectivity index is 1.83. The van der Waals surface area contributed by atoms with Crippen LogP contribution in [0, 0.1) is 5.41 Å². The quantitative estimate of drug-likeness (QED) is 0.463. The van der Waals surface area contributed by atoms with Gasteiger partial charge in [-0.15, -0.1) is 0 Å². The fourth-order valence-corrected chi connectivity index (χ4v) is 4.11. The molecule has 2 fully saturated rings. The number of thioether (sulfide) groups is 1. The maximum atomic E-state index is 4.84. The largest absolute Gasteiger partial charge is 0.357 e. The van der Waals surface area contributed by atoms with Gasteiger partial charge in [-0.05, 0) is 56.5 Å². The Morgan fingerprint density at radius 3 is 2.75 bits per heavy atom. The van der Waals surface area contributed by atoms with Gasteiger partial charge in [-0.2, -0.15) is 11.8 Å². The normalized spacial score (nSPS) is 21.9. The van der Waals surface area contributed by atoms with Crippen molar-refractivity contribution in [3.8, 4) is 0 Å². The molecule has 0 bridgehead atoms. The van der Waals surface area contributed by atoms with Crippen LogP contribution in [0.15, 0.2) is 4.99 Å². The summed E-state index contributed by atoms with van der Waals surface area (Å²) < 4.78 is 0. The number of rotatable bonds is 6.